The van der Waals surface area contributed by atoms with Gasteiger partial charge in [0.2, 0.25) is 0 Å². The number of amides is 1. The second kappa shape index (κ2) is 4.62. The summed E-state index contributed by atoms with van der Waals surface area (Å²) < 4.78 is 0.735. The Morgan fingerprint density at radius 1 is 1.47 bits per heavy atom. The van der Waals surface area contributed by atoms with Gasteiger partial charge < -0.3 is 0 Å². The molecular weight excluding hydrogens is 286 g/mol. The molecule has 0 atom stereocenters. The van der Waals surface area contributed by atoms with E-state index in [0.717, 1.165) is 10.0 Å². The lowest BCUT2D eigenvalue weighted by Gasteiger charge is -2.04. The predicted octanol–water partition coefficient (Wildman–Crippen LogP) is 1.53. The minimum atomic E-state index is -0.273. The number of carbonyl (C=O) groups excluding carboxylic acids is 1. The van der Waals surface area contributed by atoms with Crippen molar-refractivity contribution in [2.45, 2.75) is 6.92 Å². The summed E-state index contributed by atoms with van der Waals surface area (Å²) in [6, 6.07) is 5.48. The van der Waals surface area contributed by atoms with Crippen molar-refractivity contribution >= 4 is 27.8 Å². The van der Waals surface area contributed by atoms with Gasteiger partial charge in [-0.15, -0.1) is 5.10 Å². The van der Waals surface area contributed by atoms with Crippen molar-refractivity contribution in [2.75, 3.05) is 5.32 Å². The van der Waals surface area contributed by atoms with E-state index in [9.17, 15) is 4.79 Å². The third-order valence-electron chi connectivity index (χ3n) is 2.10. The van der Waals surface area contributed by atoms with Crippen molar-refractivity contribution in [3.05, 3.63) is 33.8 Å². The summed E-state index contributed by atoms with van der Waals surface area (Å²) in [6.07, 6.45) is 0. The number of hydrogen-bond acceptors (Lipinski definition) is 4. The molecule has 2 rings (SSSR count). The fraction of sp³-hybridized carbons (Fsp3) is 0.200. The smallest absolute Gasteiger partial charge is 0.270 e. The van der Waals surface area contributed by atoms with E-state index < -0.39 is 0 Å². The fourth-order valence-corrected chi connectivity index (χ4v) is 1.98. The van der Waals surface area contributed by atoms with Crippen molar-refractivity contribution in [2.24, 2.45) is 7.05 Å². The van der Waals surface area contributed by atoms with Crippen LogP contribution in [0.15, 0.2) is 22.7 Å². The van der Waals surface area contributed by atoms with Gasteiger partial charge in [-0.2, -0.15) is 4.80 Å². The standard InChI is InChI=1S/C10H10BrN5O/c1-6-3-4-7(8(11)5-6)9(17)12-10-13-15-16(2)14-10/h3-5H,1-2H3,(H,12,14,17). The summed E-state index contributed by atoms with van der Waals surface area (Å²) >= 11 is 3.34. The van der Waals surface area contributed by atoms with Gasteiger partial charge in [-0.25, -0.2) is 0 Å². The lowest BCUT2D eigenvalue weighted by Crippen LogP contribution is -2.14. The third-order valence-corrected chi connectivity index (χ3v) is 2.76. The van der Waals surface area contributed by atoms with Crippen LogP contribution in [-0.4, -0.2) is 26.1 Å². The van der Waals surface area contributed by atoms with Gasteiger partial charge in [-0.1, -0.05) is 11.2 Å². The van der Waals surface area contributed by atoms with Crippen LogP contribution in [0.1, 0.15) is 15.9 Å². The van der Waals surface area contributed by atoms with Crippen LogP contribution in [0.5, 0.6) is 0 Å². The van der Waals surface area contributed by atoms with E-state index >= 15 is 0 Å². The van der Waals surface area contributed by atoms with Gasteiger partial charge in [0.05, 0.1) is 12.6 Å². The van der Waals surface area contributed by atoms with Crippen LogP contribution in [0.4, 0.5) is 5.95 Å². The molecule has 0 spiro atoms. The maximum atomic E-state index is 11.9. The number of aryl methyl sites for hydroxylation is 2. The van der Waals surface area contributed by atoms with Gasteiger partial charge in [0.15, 0.2) is 0 Å². The Labute approximate surface area is 106 Å². The maximum Gasteiger partial charge on any atom is 0.270 e. The zero-order valence-corrected chi connectivity index (χ0v) is 10.9. The van der Waals surface area contributed by atoms with Crippen molar-refractivity contribution < 1.29 is 4.79 Å². The molecule has 0 aliphatic heterocycles. The Kier molecular flexibility index (Phi) is 3.19. The first-order valence-electron chi connectivity index (χ1n) is 4.88. The van der Waals surface area contributed by atoms with Gasteiger partial charge in [-0.05, 0) is 45.8 Å². The molecule has 0 saturated heterocycles. The molecule has 1 aromatic carbocycles. The van der Waals surface area contributed by atoms with Crippen molar-refractivity contribution in [1.29, 1.82) is 0 Å². The molecule has 17 heavy (non-hydrogen) atoms. The number of carbonyl (C=O) groups is 1. The van der Waals surface area contributed by atoms with E-state index in [1.165, 1.54) is 4.80 Å². The molecule has 0 fully saturated rings. The van der Waals surface area contributed by atoms with E-state index in [0.29, 0.717) is 5.56 Å². The Bertz CT molecular complexity index is 566. The second-order valence-corrected chi connectivity index (χ2v) is 4.39. The first-order valence-corrected chi connectivity index (χ1v) is 5.67. The minimum absolute atomic E-state index is 0.185. The van der Waals surface area contributed by atoms with Crippen molar-refractivity contribution in [3.8, 4) is 0 Å². The number of rotatable bonds is 2. The van der Waals surface area contributed by atoms with E-state index in [-0.39, 0.29) is 11.9 Å². The average Bonchev–Trinajstić information content (AvgIpc) is 2.63. The quantitative estimate of drug-likeness (QED) is 0.912. The molecule has 0 aliphatic rings. The molecule has 1 aromatic heterocycles. The van der Waals surface area contributed by atoms with E-state index in [4.69, 9.17) is 0 Å². The molecule has 6 nitrogen and oxygen atoms in total. The maximum absolute atomic E-state index is 11.9. The number of aromatic nitrogens is 4. The van der Waals surface area contributed by atoms with Gasteiger partial charge in [0.1, 0.15) is 0 Å². The summed E-state index contributed by atoms with van der Waals surface area (Å²) in [5.41, 5.74) is 1.61. The third kappa shape index (κ3) is 2.68. The fourth-order valence-electron chi connectivity index (χ4n) is 1.31. The Hall–Kier alpha value is -1.76. The molecule has 7 heteroatoms. The van der Waals surface area contributed by atoms with E-state index in [2.05, 4.69) is 36.7 Å². The topological polar surface area (TPSA) is 72.7 Å². The summed E-state index contributed by atoms with van der Waals surface area (Å²) in [5, 5.41) is 13.7. The van der Waals surface area contributed by atoms with Gasteiger partial charge >= 0.3 is 0 Å². The van der Waals surface area contributed by atoms with Gasteiger partial charge in [-0.3, -0.25) is 10.1 Å². The summed E-state index contributed by atoms with van der Waals surface area (Å²) in [6.45, 7) is 1.96. The zero-order chi connectivity index (χ0) is 12.4. The highest BCUT2D eigenvalue weighted by molar-refractivity contribution is 9.10. The molecule has 1 heterocycles. The lowest BCUT2D eigenvalue weighted by atomic mass is 10.1. The predicted molar refractivity (Wildman–Crippen MR) is 65.6 cm³/mol. The largest absolute Gasteiger partial charge is 0.288 e. The number of anilines is 1. The molecule has 88 valence electrons. The first-order chi connectivity index (χ1) is 8.06. The highest BCUT2D eigenvalue weighted by Crippen LogP contribution is 2.19. The number of hydrogen-bond donors (Lipinski definition) is 1. The average molecular weight is 296 g/mol. The number of benzene rings is 1. The van der Waals surface area contributed by atoms with E-state index in [1.54, 1.807) is 13.1 Å². The number of nitrogens with one attached hydrogen (secondary N) is 1. The molecule has 1 amide bonds. The highest BCUT2D eigenvalue weighted by Gasteiger charge is 2.12. The molecule has 0 unspecified atom stereocenters. The number of nitrogens with zero attached hydrogens (tertiary/aromatic N) is 4. The van der Waals surface area contributed by atoms with Crippen LogP contribution in [0.2, 0.25) is 0 Å². The van der Waals surface area contributed by atoms with Crippen LogP contribution in [0.25, 0.3) is 0 Å². The van der Waals surface area contributed by atoms with Crippen molar-refractivity contribution in [1.82, 2.24) is 20.2 Å². The molecule has 0 bridgehead atoms. The Morgan fingerprint density at radius 3 is 2.82 bits per heavy atom. The van der Waals surface area contributed by atoms with Gasteiger partial charge in [0.25, 0.3) is 11.9 Å². The SMILES string of the molecule is Cc1ccc(C(=O)Nc2nnn(C)n2)c(Br)c1. The minimum Gasteiger partial charge on any atom is -0.288 e. The Balaban J connectivity index is 2.20. The van der Waals surface area contributed by atoms with Gasteiger partial charge in [0, 0.05) is 4.47 Å². The Morgan fingerprint density at radius 2 is 2.24 bits per heavy atom. The summed E-state index contributed by atoms with van der Waals surface area (Å²) in [4.78, 5) is 13.2. The molecule has 0 saturated carbocycles. The summed E-state index contributed by atoms with van der Waals surface area (Å²) in [7, 11) is 1.63. The van der Waals surface area contributed by atoms with Crippen LogP contribution in [-0.2, 0) is 7.05 Å². The molecule has 0 radical (unpaired) electrons. The lowest BCUT2D eigenvalue weighted by molar-refractivity contribution is 0.102. The van der Waals surface area contributed by atoms with Crippen LogP contribution >= 0.6 is 15.9 Å². The van der Waals surface area contributed by atoms with Crippen LogP contribution in [0, 0.1) is 6.92 Å². The molecular formula is C10H10BrN5O. The second-order valence-electron chi connectivity index (χ2n) is 3.54. The monoisotopic (exact) mass is 295 g/mol. The van der Waals surface area contributed by atoms with Crippen LogP contribution < -0.4 is 5.32 Å². The molecule has 2 aromatic rings. The van der Waals surface area contributed by atoms with E-state index in [1.807, 2.05) is 19.1 Å². The first kappa shape index (κ1) is 11.7. The molecule has 0 aliphatic carbocycles. The van der Waals surface area contributed by atoms with Crippen molar-refractivity contribution in [3.63, 3.8) is 0 Å². The number of tetrazole rings is 1. The zero-order valence-electron chi connectivity index (χ0n) is 9.31. The highest BCUT2D eigenvalue weighted by atomic mass is 79.9. The van der Waals surface area contributed by atoms with Crippen LogP contribution in [0.3, 0.4) is 0 Å². The molecule has 1 N–H and O–H groups in total. The summed E-state index contributed by atoms with van der Waals surface area (Å²) in [5.74, 6) is -0.0881. The normalized spacial score (nSPS) is 10.3. The number of halogens is 1.